The summed E-state index contributed by atoms with van der Waals surface area (Å²) in [5, 5.41) is 3.23. The zero-order chi connectivity index (χ0) is 23.6. The molecule has 34 heavy (non-hydrogen) atoms. The summed E-state index contributed by atoms with van der Waals surface area (Å²) in [5.41, 5.74) is 2.91. The lowest BCUT2D eigenvalue weighted by molar-refractivity contribution is 0.0894. The van der Waals surface area contributed by atoms with Gasteiger partial charge in [-0.3, -0.25) is 9.80 Å². The number of piperazine rings is 1. The van der Waals surface area contributed by atoms with Gasteiger partial charge in [0.1, 0.15) is 18.1 Å². The van der Waals surface area contributed by atoms with Crippen LogP contribution in [-0.4, -0.2) is 86.5 Å². The maximum atomic E-state index is 5.94. The fraction of sp³-hybridized carbons (Fsp3) is 0.385. The first-order valence-electron chi connectivity index (χ1n) is 11.6. The van der Waals surface area contributed by atoms with Gasteiger partial charge in [0.2, 0.25) is 5.95 Å². The van der Waals surface area contributed by atoms with Crippen molar-refractivity contribution >= 4 is 11.6 Å². The smallest absolute Gasteiger partial charge is 0.227 e. The average Bonchev–Trinajstić information content (AvgIpc) is 2.90. The second-order valence-electron chi connectivity index (χ2n) is 8.20. The molecular weight excluding hydrogens is 430 g/mol. The molecule has 1 N–H and O–H groups in total. The first kappa shape index (κ1) is 23.9. The Labute approximate surface area is 201 Å². The van der Waals surface area contributed by atoms with Gasteiger partial charge >= 0.3 is 0 Å². The van der Waals surface area contributed by atoms with Gasteiger partial charge in [-0.2, -0.15) is 0 Å². The number of hydrogen-bond acceptors (Lipinski definition) is 8. The maximum absolute atomic E-state index is 5.94. The van der Waals surface area contributed by atoms with E-state index in [9.17, 15) is 0 Å². The molecule has 0 bridgehead atoms. The van der Waals surface area contributed by atoms with Crippen LogP contribution in [0.15, 0.2) is 60.9 Å². The van der Waals surface area contributed by atoms with Crippen molar-refractivity contribution in [3.63, 3.8) is 0 Å². The standard InChI is InChI=1S/C26H33N5O3/c1-32-17-15-30-11-13-31(14-12-30)16-18-34-25-9-5-23(6-10-25)29-26-27-19-22(20-28-26)21-3-7-24(33-2)8-4-21/h3-10,19-20H,11-18H2,1-2H3,(H,27,28,29). The molecule has 8 nitrogen and oxygen atoms in total. The Kier molecular flexibility index (Phi) is 8.67. The van der Waals surface area contributed by atoms with Crippen LogP contribution in [-0.2, 0) is 4.74 Å². The fourth-order valence-corrected chi connectivity index (χ4v) is 3.84. The van der Waals surface area contributed by atoms with Crippen LogP contribution in [0.5, 0.6) is 11.5 Å². The Hall–Kier alpha value is -3.20. The van der Waals surface area contributed by atoms with Gasteiger partial charge in [-0.15, -0.1) is 0 Å². The second kappa shape index (κ2) is 12.3. The normalized spacial score (nSPS) is 14.6. The lowest BCUT2D eigenvalue weighted by Gasteiger charge is -2.34. The molecule has 1 aliphatic rings. The Bertz CT molecular complexity index is 988. The number of hydrogen-bond donors (Lipinski definition) is 1. The van der Waals surface area contributed by atoms with E-state index in [1.165, 1.54) is 0 Å². The van der Waals surface area contributed by atoms with Gasteiger partial charge in [-0.1, -0.05) is 12.1 Å². The van der Waals surface area contributed by atoms with Crippen molar-refractivity contribution in [2.24, 2.45) is 0 Å². The van der Waals surface area contributed by atoms with Gasteiger partial charge in [0, 0.05) is 70.0 Å². The number of aromatic nitrogens is 2. The lowest BCUT2D eigenvalue weighted by atomic mass is 10.1. The SMILES string of the molecule is COCCN1CCN(CCOc2ccc(Nc3ncc(-c4ccc(OC)cc4)cn3)cc2)CC1. The highest BCUT2D eigenvalue weighted by Gasteiger charge is 2.16. The molecule has 180 valence electrons. The van der Waals surface area contributed by atoms with Crippen LogP contribution in [0.3, 0.4) is 0 Å². The quantitative estimate of drug-likeness (QED) is 0.463. The molecule has 1 aromatic heterocycles. The number of benzene rings is 2. The molecule has 0 unspecified atom stereocenters. The second-order valence-corrected chi connectivity index (χ2v) is 8.20. The summed E-state index contributed by atoms with van der Waals surface area (Å²) in [7, 11) is 3.41. The van der Waals surface area contributed by atoms with Gasteiger partial charge in [-0.25, -0.2) is 9.97 Å². The topological polar surface area (TPSA) is 72.0 Å². The maximum Gasteiger partial charge on any atom is 0.227 e. The Morgan fingerprint density at radius 3 is 1.91 bits per heavy atom. The van der Waals surface area contributed by atoms with Gasteiger partial charge < -0.3 is 19.5 Å². The number of rotatable bonds is 11. The van der Waals surface area contributed by atoms with Crippen LogP contribution in [0.1, 0.15) is 0 Å². The fourth-order valence-electron chi connectivity index (χ4n) is 3.84. The molecule has 0 spiro atoms. The predicted molar refractivity (Wildman–Crippen MR) is 134 cm³/mol. The molecule has 0 atom stereocenters. The molecule has 1 aliphatic heterocycles. The number of nitrogens with one attached hydrogen (secondary N) is 1. The van der Waals surface area contributed by atoms with Crippen molar-refractivity contribution < 1.29 is 14.2 Å². The minimum atomic E-state index is 0.551. The lowest BCUT2D eigenvalue weighted by Crippen LogP contribution is -2.48. The molecule has 1 fully saturated rings. The van der Waals surface area contributed by atoms with Crippen molar-refractivity contribution in [1.82, 2.24) is 19.8 Å². The molecule has 0 amide bonds. The van der Waals surface area contributed by atoms with Gasteiger partial charge in [0.05, 0.1) is 13.7 Å². The molecule has 1 saturated heterocycles. The number of methoxy groups -OCH3 is 2. The van der Waals surface area contributed by atoms with E-state index in [0.29, 0.717) is 12.6 Å². The van der Waals surface area contributed by atoms with E-state index >= 15 is 0 Å². The molecule has 0 aliphatic carbocycles. The van der Waals surface area contributed by atoms with Gasteiger partial charge in [-0.05, 0) is 42.0 Å². The average molecular weight is 464 g/mol. The molecule has 2 heterocycles. The van der Waals surface area contributed by atoms with E-state index in [2.05, 4.69) is 25.1 Å². The summed E-state index contributed by atoms with van der Waals surface area (Å²) in [6, 6.07) is 15.7. The summed E-state index contributed by atoms with van der Waals surface area (Å²) in [4.78, 5) is 13.8. The largest absolute Gasteiger partial charge is 0.497 e. The van der Waals surface area contributed by atoms with E-state index < -0.39 is 0 Å². The number of anilines is 2. The van der Waals surface area contributed by atoms with Crippen molar-refractivity contribution in [2.75, 3.05) is 72.0 Å². The highest BCUT2D eigenvalue weighted by Crippen LogP contribution is 2.23. The molecule has 4 rings (SSSR count). The summed E-state index contributed by atoms with van der Waals surface area (Å²) < 4.78 is 16.3. The first-order valence-corrected chi connectivity index (χ1v) is 11.6. The van der Waals surface area contributed by atoms with Crippen molar-refractivity contribution in [1.29, 1.82) is 0 Å². The van der Waals surface area contributed by atoms with Crippen LogP contribution in [0.4, 0.5) is 11.6 Å². The zero-order valence-electron chi connectivity index (χ0n) is 19.9. The van der Waals surface area contributed by atoms with Crippen molar-refractivity contribution in [3.05, 3.63) is 60.9 Å². The van der Waals surface area contributed by atoms with Crippen LogP contribution in [0.25, 0.3) is 11.1 Å². The van der Waals surface area contributed by atoms with Crippen LogP contribution in [0, 0.1) is 0 Å². The summed E-state index contributed by atoms with van der Waals surface area (Å²) >= 11 is 0. The van der Waals surface area contributed by atoms with E-state index in [1.54, 1.807) is 14.2 Å². The van der Waals surface area contributed by atoms with Crippen LogP contribution in [0.2, 0.25) is 0 Å². The van der Waals surface area contributed by atoms with E-state index in [0.717, 1.165) is 74.2 Å². The minimum absolute atomic E-state index is 0.551. The number of ether oxygens (including phenoxy) is 3. The third-order valence-corrected chi connectivity index (χ3v) is 5.94. The highest BCUT2D eigenvalue weighted by atomic mass is 16.5. The summed E-state index contributed by atoms with van der Waals surface area (Å²) in [6.07, 6.45) is 3.62. The third-order valence-electron chi connectivity index (χ3n) is 5.94. The highest BCUT2D eigenvalue weighted by molar-refractivity contribution is 5.63. The van der Waals surface area contributed by atoms with Crippen molar-refractivity contribution in [3.8, 4) is 22.6 Å². The van der Waals surface area contributed by atoms with Crippen molar-refractivity contribution in [2.45, 2.75) is 0 Å². The van der Waals surface area contributed by atoms with Gasteiger partial charge in [0.15, 0.2) is 0 Å². The zero-order valence-corrected chi connectivity index (χ0v) is 19.9. The minimum Gasteiger partial charge on any atom is -0.497 e. The van der Waals surface area contributed by atoms with E-state index in [4.69, 9.17) is 14.2 Å². The van der Waals surface area contributed by atoms with E-state index in [-0.39, 0.29) is 0 Å². The molecule has 2 aromatic carbocycles. The molecule has 3 aromatic rings. The van der Waals surface area contributed by atoms with Gasteiger partial charge in [0.25, 0.3) is 0 Å². The Morgan fingerprint density at radius 2 is 1.32 bits per heavy atom. The molecule has 0 saturated carbocycles. The predicted octanol–water partition coefficient (Wildman–Crippen LogP) is 3.54. The number of nitrogens with zero attached hydrogens (tertiary/aromatic N) is 4. The monoisotopic (exact) mass is 463 g/mol. The van der Waals surface area contributed by atoms with Crippen LogP contribution >= 0.6 is 0 Å². The Morgan fingerprint density at radius 1 is 0.735 bits per heavy atom. The third kappa shape index (κ3) is 6.90. The van der Waals surface area contributed by atoms with Crippen LogP contribution < -0.4 is 14.8 Å². The summed E-state index contributed by atoms with van der Waals surface area (Å²) in [6.45, 7) is 7.77. The molecular formula is C26H33N5O3. The molecule has 8 heteroatoms. The summed E-state index contributed by atoms with van der Waals surface area (Å²) in [5.74, 6) is 2.24. The molecule has 0 radical (unpaired) electrons. The first-order chi connectivity index (χ1) is 16.7. The Balaban J connectivity index is 1.20. The van der Waals surface area contributed by atoms with E-state index in [1.807, 2.05) is 60.9 Å².